The third-order valence-electron chi connectivity index (χ3n) is 12.7. The number of anilines is 6. The van der Waals surface area contributed by atoms with E-state index in [2.05, 4.69) is 233 Å². The van der Waals surface area contributed by atoms with E-state index in [0.717, 1.165) is 106 Å². The summed E-state index contributed by atoms with van der Waals surface area (Å²) >= 11 is 0. The van der Waals surface area contributed by atoms with Gasteiger partial charge in [-0.25, -0.2) is 0 Å². The van der Waals surface area contributed by atoms with Gasteiger partial charge in [-0.3, -0.25) is 4.79 Å². The first kappa shape index (κ1) is 38.0. The number of carbonyl (C=O) groups is 1. The summed E-state index contributed by atoms with van der Waals surface area (Å²) in [5, 5.41) is 2.29. The average molecular weight is 832 g/mol. The largest absolute Gasteiger partial charge is 0.310 e. The summed E-state index contributed by atoms with van der Waals surface area (Å²) in [5.41, 5.74) is 17.6. The molecule has 1 aliphatic rings. The van der Waals surface area contributed by atoms with Crippen molar-refractivity contribution in [1.29, 1.82) is 0 Å². The first-order valence-electron chi connectivity index (χ1n) is 22.1. The second kappa shape index (κ2) is 15.9. The number of ketones is 1. The molecule has 65 heavy (non-hydrogen) atoms. The summed E-state index contributed by atoms with van der Waals surface area (Å²) in [6.07, 6.45) is 0. The molecular weight excluding hydrogens is 791 g/mol. The SMILES string of the molecule is O=C1c2ccccc2-c2c1cccc2-c1ccccc1-c1cccc(-n2c3ccc(N(c4ccccc4)c4ccccc4)cc3c3cc(N(c4ccccc4)c4ccccc4)ccc32)c1. The molecule has 4 heteroatoms. The minimum absolute atomic E-state index is 0.0842. The summed E-state index contributed by atoms with van der Waals surface area (Å²) in [5.74, 6) is 0.0842. The van der Waals surface area contributed by atoms with Gasteiger partial charge in [0.05, 0.1) is 11.0 Å². The van der Waals surface area contributed by atoms with Crippen LogP contribution in [0, 0.1) is 0 Å². The van der Waals surface area contributed by atoms with Crippen LogP contribution in [0.5, 0.6) is 0 Å². The van der Waals surface area contributed by atoms with Gasteiger partial charge >= 0.3 is 0 Å². The van der Waals surface area contributed by atoms with Gasteiger partial charge in [0.15, 0.2) is 5.78 Å². The molecule has 11 aromatic rings. The van der Waals surface area contributed by atoms with E-state index >= 15 is 0 Å². The molecule has 0 N–H and O–H groups in total. The number of aromatic nitrogens is 1. The van der Waals surface area contributed by atoms with Crippen LogP contribution in [0.1, 0.15) is 15.9 Å². The van der Waals surface area contributed by atoms with E-state index in [1.807, 2.05) is 30.3 Å². The van der Waals surface area contributed by atoms with E-state index < -0.39 is 0 Å². The molecule has 0 unspecified atom stereocenters. The summed E-state index contributed by atoms with van der Waals surface area (Å²) in [6, 6.07) is 87.7. The number of nitrogens with zero attached hydrogens (tertiary/aromatic N) is 3. The Morgan fingerprint density at radius 1 is 0.292 bits per heavy atom. The highest BCUT2D eigenvalue weighted by Crippen LogP contribution is 2.47. The summed E-state index contributed by atoms with van der Waals surface area (Å²) in [6.45, 7) is 0. The Morgan fingerprint density at radius 3 is 1.23 bits per heavy atom. The van der Waals surface area contributed by atoms with Gasteiger partial charge in [0, 0.05) is 67.3 Å². The molecule has 1 heterocycles. The summed E-state index contributed by atoms with van der Waals surface area (Å²) < 4.78 is 2.41. The molecule has 0 spiro atoms. The van der Waals surface area contributed by atoms with Crippen molar-refractivity contribution >= 4 is 61.7 Å². The minimum Gasteiger partial charge on any atom is -0.310 e. The average Bonchev–Trinajstić information content (AvgIpc) is 3.86. The number of rotatable bonds is 9. The number of hydrogen-bond donors (Lipinski definition) is 0. The van der Waals surface area contributed by atoms with Crippen molar-refractivity contribution in [2.45, 2.75) is 0 Å². The predicted molar refractivity (Wildman–Crippen MR) is 270 cm³/mol. The lowest BCUT2D eigenvalue weighted by Gasteiger charge is -2.26. The Morgan fingerprint density at radius 2 is 0.708 bits per heavy atom. The first-order valence-corrected chi connectivity index (χ1v) is 22.1. The van der Waals surface area contributed by atoms with Gasteiger partial charge in [-0.1, -0.05) is 152 Å². The van der Waals surface area contributed by atoms with E-state index in [-0.39, 0.29) is 5.78 Å². The zero-order valence-electron chi connectivity index (χ0n) is 35.4. The fourth-order valence-corrected chi connectivity index (χ4v) is 9.84. The Kier molecular flexibility index (Phi) is 9.28. The van der Waals surface area contributed by atoms with E-state index in [0.29, 0.717) is 0 Å². The molecule has 10 aromatic carbocycles. The van der Waals surface area contributed by atoms with Gasteiger partial charge in [0.1, 0.15) is 0 Å². The second-order valence-electron chi connectivity index (χ2n) is 16.5. The molecule has 0 amide bonds. The fraction of sp³-hybridized carbons (Fsp3) is 0. The van der Waals surface area contributed by atoms with Crippen molar-refractivity contribution in [2.24, 2.45) is 0 Å². The molecule has 0 atom stereocenters. The predicted octanol–water partition coefficient (Wildman–Crippen LogP) is 16.3. The van der Waals surface area contributed by atoms with Crippen LogP contribution in [0.4, 0.5) is 34.1 Å². The molecule has 0 fully saturated rings. The topological polar surface area (TPSA) is 28.5 Å². The summed E-state index contributed by atoms with van der Waals surface area (Å²) in [7, 11) is 0. The number of benzene rings is 10. The Bertz CT molecular complexity index is 3340. The van der Waals surface area contributed by atoms with Gasteiger partial charge in [-0.05, 0) is 125 Å². The molecule has 1 aromatic heterocycles. The molecule has 12 rings (SSSR count). The molecule has 0 aliphatic heterocycles. The molecule has 1 aliphatic carbocycles. The van der Waals surface area contributed by atoms with E-state index in [9.17, 15) is 4.79 Å². The molecule has 306 valence electrons. The molecule has 0 saturated heterocycles. The third kappa shape index (κ3) is 6.51. The molecule has 0 bridgehead atoms. The highest BCUT2D eigenvalue weighted by Gasteiger charge is 2.29. The number of fused-ring (bicyclic) bond motifs is 6. The van der Waals surface area contributed by atoms with E-state index in [1.165, 1.54) is 0 Å². The third-order valence-corrected chi connectivity index (χ3v) is 12.7. The van der Waals surface area contributed by atoms with Crippen molar-refractivity contribution in [3.05, 3.63) is 260 Å². The van der Waals surface area contributed by atoms with Crippen LogP contribution in [0.15, 0.2) is 249 Å². The van der Waals surface area contributed by atoms with Crippen molar-refractivity contribution < 1.29 is 4.79 Å². The maximum Gasteiger partial charge on any atom is 0.194 e. The second-order valence-corrected chi connectivity index (χ2v) is 16.5. The molecule has 4 nitrogen and oxygen atoms in total. The maximum atomic E-state index is 13.6. The highest BCUT2D eigenvalue weighted by atomic mass is 16.1. The molecular formula is C61H41N3O. The quantitative estimate of drug-likeness (QED) is 0.145. The zero-order chi connectivity index (χ0) is 43.3. The Hall–Kier alpha value is -8.73. The fourth-order valence-electron chi connectivity index (χ4n) is 9.84. The van der Waals surface area contributed by atoms with Gasteiger partial charge in [0.25, 0.3) is 0 Å². The lowest BCUT2D eigenvalue weighted by atomic mass is 9.89. The van der Waals surface area contributed by atoms with Crippen molar-refractivity contribution in [3.63, 3.8) is 0 Å². The van der Waals surface area contributed by atoms with E-state index in [1.54, 1.807) is 0 Å². The van der Waals surface area contributed by atoms with Gasteiger partial charge in [0.2, 0.25) is 0 Å². The number of hydrogen-bond acceptors (Lipinski definition) is 3. The maximum absolute atomic E-state index is 13.6. The molecule has 0 radical (unpaired) electrons. The van der Waals surface area contributed by atoms with Gasteiger partial charge < -0.3 is 14.4 Å². The van der Waals surface area contributed by atoms with Crippen LogP contribution >= 0.6 is 0 Å². The van der Waals surface area contributed by atoms with Crippen LogP contribution in [-0.4, -0.2) is 10.4 Å². The number of para-hydroxylation sites is 4. The van der Waals surface area contributed by atoms with Crippen LogP contribution in [-0.2, 0) is 0 Å². The van der Waals surface area contributed by atoms with Gasteiger partial charge in [-0.2, -0.15) is 0 Å². The monoisotopic (exact) mass is 831 g/mol. The van der Waals surface area contributed by atoms with Crippen molar-refractivity contribution in [2.75, 3.05) is 9.80 Å². The van der Waals surface area contributed by atoms with Crippen molar-refractivity contribution in [1.82, 2.24) is 4.57 Å². The Balaban J connectivity index is 1.07. The van der Waals surface area contributed by atoms with Crippen LogP contribution < -0.4 is 9.80 Å². The zero-order valence-corrected chi connectivity index (χ0v) is 35.4. The van der Waals surface area contributed by atoms with Gasteiger partial charge in [-0.15, -0.1) is 0 Å². The molecule has 0 saturated carbocycles. The lowest BCUT2D eigenvalue weighted by molar-refractivity contribution is 0.104. The Labute approximate surface area is 378 Å². The van der Waals surface area contributed by atoms with E-state index in [4.69, 9.17) is 0 Å². The standard InChI is InChI=1S/C61H41N3O/c65-61-54-32-16-15-31-53(54)60-52(33-18-34-55(60)61)51-30-14-13-29-50(51)42-19-17-28-47(39-42)64-58-37-35-48(62(43-20-5-1-6-21-43)44-22-7-2-8-23-44)40-56(58)57-41-49(36-38-59(57)64)63(45-24-9-3-10-25-45)46-26-11-4-12-27-46/h1-41H. The van der Waals surface area contributed by atoms with Crippen LogP contribution in [0.2, 0.25) is 0 Å². The minimum atomic E-state index is 0.0842. The lowest BCUT2D eigenvalue weighted by Crippen LogP contribution is -2.09. The summed E-state index contributed by atoms with van der Waals surface area (Å²) in [4.78, 5) is 18.3. The van der Waals surface area contributed by atoms with Crippen LogP contribution in [0.3, 0.4) is 0 Å². The smallest absolute Gasteiger partial charge is 0.194 e. The first-order chi connectivity index (χ1) is 32.2. The van der Waals surface area contributed by atoms with Crippen LogP contribution in [0.25, 0.3) is 60.9 Å². The number of carbonyl (C=O) groups excluding carboxylic acids is 1. The van der Waals surface area contributed by atoms with Crippen molar-refractivity contribution in [3.8, 4) is 39.1 Å². The highest BCUT2D eigenvalue weighted by molar-refractivity contribution is 6.24. The normalized spacial score (nSPS) is 11.7.